The second-order valence-corrected chi connectivity index (χ2v) is 6.64. The second kappa shape index (κ2) is 4.51. The van der Waals surface area contributed by atoms with Crippen molar-refractivity contribution in [2.45, 2.75) is 4.90 Å². The molecule has 19 heavy (non-hydrogen) atoms. The molecule has 3 rings (SSSR count). The molecule has 95 valence electrons. The molecule has 0 bridgehead atoms. The minimum Gasteiger partial charge on any atom is -0.232 e. The SMILES string of the molecule is O=S(=O)(c1ccccc1Br)n1[c]cc2ccccc21. The van der Waals surface area contributed by atoms with Crippen LogP contribution < -0.4 is 0 Å². The smallest absolute Gasteiger partial charge is 0.232 e. The maximum absolute atomic E-state index is 12.6. The molecule has 0 unspecified atom stereocenters. The molecule has 3 nitrogen and oxygen atoms in total. The summed E-state index contributed by atoms with van der Waals surface area (Å²) in [7, 11) is -3.64. The standard InChI is InChI=1S/C14H9BrNO2S/c15-12-6-2-4-8-14(12)19(17,18)16-10-9-11-5-1-3-7-13(11)16/h1-9H. The van der Waals surface area contributed by atoms with E-state index in [1.807, 2.05) is 18.2 Å². The lowest BCUT2D eigenvalue weighted by molar-refractivity contribution is 0.588. The molecule has 0 atom stereocenters. The Morgan fingerprint density at radius 1 is 1.00 bits per heavy atom. The van der Waals surface area contributed by atoms with Gasteiger partial charge in [-0.15, -0.1) is 0 Å². The van der Waals surface area contributed by atoms with Gasteiger partial charge in [-0.2, -0.15) is 0 Å². The zero-order valence-corrected chi connectivity index (χ0v) is 12.1. The third-order valence-corrected chi connectivity index (χ3v) is 5.50. The summed E-state index contributed by atoms with van der Waals surface area (Å²) in [5, 5.41) is 0.845. The quantitative estimate of drug-likeness (QED) is 0.720. The summed E-state index contributed by atoms with van der Waals surface area (Å²) in [5.41, 5.74) is 0.623. The van der Waals surface area contributed by atoms with E-state index >= 15 is 0 Å². The third kappa shape index (κ3) is 1.99. The number of rotatable bonds is 2. The van der Waals surface area contributed by atoms with Gasteiger partial charge < -0.3 is 0 Å². The van der Waals surface area contributed by atoms with Crippen molar-refractivity contribution in [3.8, 4) is 0 Å². The first kappa shape index (κ1) is 12.4. The monoisotopic (exact) mass is 334 g/mol. The van der Waals surface area contributed by atoms with Crippen LogP contribution in [0.5, 0.6) is 0 Å². The Labute approximate surface area is 119 Å². The second-order valence-electron chi connectivity index (χ2n) is 4.03. The Hall–Kier alpha value is -1.59. The number of halogens is 1. The highest BCUT2D eigenvalue weighted by Crippen LogP contribution is 2.26. The Morgan fingerprint density at radius 2 is 1.68 bits per heavy atom. The van der Waals surface area contributed by atoms with Crippen LogP contribution in [0.3, 0.4) is 0 Å². The molecule has 1 aromatic heterocycles. The number of hydrogen-bond donors (Lipinski definition) is 0. The predicted molar refractivity (Wildman–Crippen MR) is 77.5 cm³/mol. The van der Waals surface area contributed by atoms with Crippen molar-refractivity contribution in [2.24, 2.45) is 0 Å². The fourth-order valence-corrected chi connectivity index (χ4v) is 4.22. The highest BCUT2D eigenvalue weighted by Gasteiger charge is 2.21. The summed E-state index contributed by atoms with van der Waals surface area (Å²) >= 11 is 3.28. The first-order valence-electron chi connectivity index (χ1n) is 5.59. The third-order valence-electron chi connectivity index (χ3n) is 2.85. The predicted octanol–water partition coefficient (Wildman–Crippen LogP) is 3.44. The number of para-hydroxylation sites is 1. The van der Waals surface area contributed by atoms with E-state index in [0.29, 0.717) is 9.99 Å². The number of nitrogens with zero attached hydrogens (tertiary/aromatic N) is 1. The molecule has 0 saturated heterocycles. The molecule has 0 aliphatic carbocycles. The number of benzene rings is 2. The van der Waals surface area contributed by atoms with Crippen molar-refractivity contribution in [3.63, 3.8) is 0 Å². The summed E-state index contributed by atoms with van der Waals surface area (Å²) in [6.45, 7) is 0. The van der Waals surface area contributed by atoms with Gasteiger partial charge in [0.25, 0.3) is 10.0 Å². The van der Waals surface area contributed by atoms with Gasteiger partial charge in [-0.3, -0.25) is 0 Å². The van der Waals surface area contributed by atoms with Crippen molar-refractivity contribution >= 4 is 36.9 Å². The first-order chi connectivity index (χ1) is 9.10. The number of hydrogen-bond acceptors (Lipinski definition) is 2. The van der Waals surface area contributed by atoms with Crippen molar-refractivity contribution in [2.75, 3.05) is 0 Å². The van der Waals surface area contributed by atoms with E-state index in [1.54, 1.807) is 36.4 Å². The lowest BCUT2D eigenvalue weighted by Crippen LogP contribution is -2.12. The van der Waals surface area contributed by atoms with Gasteiger partial charge in [0.05, 0.1) is 11.7 Å². The summed E-state index contributed by atoms with van der Waals surface area (Å²) in [4.78, 5) is 0.229. The molecular formula is C14H9BrNO2S. The maximum Gasteiger partial charge on any atom is 0.269 e. The molecule has 0 aliphatic rings. The molecule has 1 heterocycles. The highest BCUT2D eigenvalue weighted by molar-refractivity contribution is 9.10. The summed E-state index contributed by atoms with van der Waals surface area (Å²) < 4.78 is 27.0. The molecule has 0 N–H and O–H groups in total. The normalized spacial score (nSPS) is 11.8. The largest absolute Gasteiger partial charge is 0.269 e. The fourth-order valence-electron chi connectivity index (χ4n) is 1.94. The van der Waals surface area contributed by atoms with E-state index in [1.165, 1.54) is 3.97 Å². The Balaban J connectivity index is 2.29. The average molecular weight is 335 g/mol. The molecule has 0 aliphatic heterocycles. The van der Waals surface area contributed by atoms with Crippen LogP contribution >= 0.6 is 15.9 Å². The minimum atomic E-state index is -3.64. The van der Waals surface area contributed by atoms with Gasteiger partial charge in [0.1, 0.15) is 4.90 Å². The summed E-state index contributed by atoms with van der Waals surface area (Å²) in [6.07, 6.45) is 2.79. The van der Waals surface area contributed by atoms with Gasteiger partial charge in [0.15, 0.2) is 0 Å². The zero-order valence-electron chi connectivity index (χ0n) is 9.75. The van der Waals surface area contributed by atoms with Crippen molar-refractivity contribution in [1.29, 1.82) is 0 Å². The molecule has 3 aromatic rings. The van der Waals surface area contributed by atoms with Crippen LogP contribution in [-0.4, -0.2) is 12.4 Å². The lowest BCUT2D eigenvalue weighted by atomic mass is 10.3. The van der Waals surface area contributed by atoms with Crippen LogP contribution in [0, 0.1) is 6.20 Å². The van der Waals surface area contributed by atoms with Gasteiger partial charge in [-0.1, -0.05) is 30.3 Å². The van der Waals surface area contributed by atoms with Gasteiger partial charge in [0, 0.05) is 9.86 Å². The topological polar surface area (TPSA) is 39.1 Å². The van der Waals surface area contributed by atoms with E-state index in [4.69, 9.17) is 0 Å². The summed E-state index contributed by atoms with van der Waals surface area (Å²) in [6, 6.07) is 15.7. The Kier molecular flexibility index (Phi) is 2.95. The van der Waals surface area contributed by atoms with Gasteiger partial charge in [-0.25, -0.2) is 12.4 Å². The van der Waals surface area contributed by atoms with Crippen molar-refractivity contribution < 1.29 is 8.42 Å². The van der Waals surface area contributed by atoms with E-state index in [9.17, 15) is 8.42 Å². The maximum atomic E-state index is 12.6. The van der Waals surface area contributed by atoms with E-state index in [2.05, 4.69) is 22.1 Å². The zero-order chi connectivity index (χ0) is 13.5. The van der Waals surface area contributed by atoms with E-state index < -0.39 is 10.0 Å². The van der Waals surface area contributed by atoms with Crippen LogP contribution in [0.1, 0.15) is 0 Å². The minimum absolute atomic E-state index is 0.229. The van der Waals surface area contributed by atoms with E-state index in [0.717, 1.165) is 5.39 Å². The Morgan fingerprint density at radius 3 is 2.47 bits per heavy atom. The lowest BCUT2D eigenvalue weighted by Gasteiger charge is -2.08. The van der Waals surface area contributed by atoms with Crippen molar-refractivity contribution in [3.05, 3.63) is 65.3 Å². The van der Waals surface area contributed by atoms with Gasteiger partial charge >= 0.3 is 0 Å². The van der Waals surface area contributed by atoms with Crippen molar-refractivity contribution in [1.82, 2.24) is 3.97 Å². The Bertz CT molecular complexity index is 853. The number of fused-ring (bicyclic) bond motifs is 1. The van der Waals surface area contributed by atoms with Gasteiger partial charge in [0.2, 0.25) is 0 Å². The molecule has 0 amide bonds. The summed E-state index contributed by atoms with van der Waals surface area (Å²) in [5.74, 6) is 0. The molecule has 0 spiro atoms. The van der Waals surface area contributed by atoms with Gasteiger partial charge in [-0.05, 0) is 40.2 Å². The fraction of sp³-hybridized carbons (Fsp3) is 0. The molecule has 2 aromatic carbocycles. The van der Waals surface area contributed by atoms with E-state index in [-0.39, 0.29) is 4.90 Å². The molecule has 0 saturated carbocycles. The number of aromatic nitrogens is 1. The molecular weight excluding hydrogens is 326 g/mol. The van der Waals surface area contributed by atoms with Crippen LogP contribution in [0.25, 0.3) is 10.9 Å². The molecule has 1 radical (unpaired) electrons. The first-order valence-corrected chi connectivity index (χ1v) is 7.82. The van der Waals surface area contributed by atoms with Crippen LogP contribution in [0.2, 0.25) is 0 Å². The highest BCUT2D eigenvalue weighted by atomic mass is 79.9. The van der Waals surface area contributed by atoms with Crippen LogP contribution in [0.15, 0.2) is 64.0 Å². The molecule has 0 fully saturated rings. The van der Waals surface area contributed by atoms with Crippen LogP contribution in [0.4, 0.5) is 0 Å². The average Bonchev–Trinajstić information content (AvgIpc) is 2.83. The molecule has 5 heteroatoms. The van der Waals surface area contributed by atoms with Crippen LogP contribution in [-0.2, 0) is 10.0 Å².